The van der Waals surface area contributed by atoms with Gasteiger partial charge in [-0.3, -0.25) is 0 Å². The van der Waals surface area contributed by atoms with Crippen LogP contribution in [-0.2, 0) is 10.0 Å². The molecule has 20 heavy (non-hydrogen) atoms. The van der Waals surface area contributed by atoms with Gasteiger partial charge in [0.15, 0.2) is 9.90 Å². The standard InChI is InChI=1S/C12H20N2O4S2/c1-2-3-4-5-6-7-8-14-20(17,18)12-10(11(15)16)13-9-19-12/h9,14H,2-8H2,1H3,(H,15,16). The van der Waals surface area contributed by atoms with Gasteiger partial charge < -0.3 is 5.11 Å². The molecule has 0 unspecified atom stereocenters. The van der Waals surface area contributed by atoms with Gasteiger partial charge in [-0.15, -0.1) is 11.3 Å². The molecule has 2 N–H and O–H groups in total. The molecule has 0 saturated carbocycles. The molecule has 0 aliphatic heterocycles. The molecule has 0 aliphatic rings. The molecule has 0 bridgehead atoms. The van der Waals surface area contributed by atoms with E-state index in [9.17, 15) is 13.2 Å². The average Bonchev–Trinajstić information content (AvgIpc) is 2.88. The van der Waals surface area contributed by atoms with Gasteiger partial charge in [0.1, 0.15) is 0 Å². The van der Waals surface area contributed by atoms with Gasteiger partial charge in [-0.05, 0) is 6.42 Å². The van der Waals surface area contributed by atoms with Crippen LogP contribution in [0.2, 0.25) is 0 Å². The van der Waals surface area contributed by atoms with Crippen molar-refractivity contribution in [3.8, 4) is 0 Å². The highest BCUT2D eigenvalue weighted by molar-refractivity contribution is 7.91. The van der Waals surface area contributed by atoms with Crippen molar-refractivity contribution in [2.24, 2.45) is 0 Å². The fourth-order valence-corrected chi connectivity index (χ4v) is 4.00. The number of carboxylic acid groups (broad SMARTS) is 1. The Morgan fingerprint density at radius 3 is 2.60 bits per heavy atom. The fraction of sp³-hybridized carbons (Fsp3) is 0.667. The average molecular weight is 320 g/mol. The van der Waals surface area contributed by atoms with Crippen LogP contribution in [0.1, 0.15) is 55.9 Å². The van der Waals surface area contributed by atoms with Crippen molar-refractivity contribution in [3.63, 3.8) is 0 Å². The van der Waals surface area contributed by atoms with E-state index in [-0.39, 0.29) is 4.21 Å². The van der Waals surface area contributed by atoms with Gasteiger partial charge in [0.2, 0.25) is 0 Å². The topological polar surface area (TPSA) is 96.4 Å². The van der Waals surface area contributed by atoms with Crippen molar-refractivity contribution in [3.05, 3.63) is 11.2 Å². The summed E-state index contributed by atoms with van der Waals surface area (Å²) in [4.78, 5) is 14.4. The molecule has 0 amide bonds. The van der Waals surface area contributed by atoms with E-state index in [0.717, 1.165) is 30.6 Å². The van der Waals surface area contributed by atoms with Crippen molar-refractivity contribution in [2.75, 3.05) is 6.54 Å². The van der Waals surface area contributed by atoms with Crippen molar-refractivity contribution in [1.29, 1.82) is 0 Å². The van der Waals surface area contributed by atoms with Gasteiger partial charge in [-0.2, -0.15) is 0 Å². The van der Waals surface area contributed by atoms with Crippen molar-refractivity contribution < 1.29 is 18.3 Å². The predicted octanol–water partition coefficient (Wildman–Crippen LogP) is 2.48. The monoisotopic (exact) mass is 320 g/mol. The molecule has 0 saturated heterocycles. The summed E-state index contributed by atoms with van der Waals surface area (Å²) in [5.41, 5.74) is 0.813. The van der Waals surface area contributed by atoms with Crippen LogP contribution in [0.5, 0.6) is 0 Å². The first-order chi connectivity index (χ1) is 9.49. The maximum Gasteiger partial charge on any atom is 0.356 e. The predicted molar refractivity (Wildman–Crippen MR) is 77.6 cm³/mol. The number of unbranched alkanes of at least 4 members (excludes halogenated alkanes) is 5. The Kier molecular flexibility index (Phi) is 7.11. The molecule has 114 valence electrons. The van der Waals surface area contributed by atoms with Crippen LogP contribution in [0.3, 0.4) is 0 Å². The third-order valence-corrected chi connectivity index (χ3v) is 5.63. The molecular weight excluding hydrogens is 300 g/mol. The number of sulfonamides is 1. The van der Waals surface area contributed by atoms with E-state index >= 15 is 0 Å². The smallest absolute Gasteiger partial charge is 0.356 e. The number of hydrogen-bond acceptors (Lipinski definition) is 5. The zero-order valence-electron chi connectivity index (χ0n) is 11.5. The van der Waals surface area contributed by atoms with E-state index in [1.165, 1.54) is 24.8 Å². The van der Waals surface area contributed by atoms with Crippen LogP contribution in [0.4, 0.5) is 0 Å². The molecule has 1 aromatic rings. The Morgan fingerprint density at radius 2 is 1.95 bits per heavy atom. The second-order valence-electron chi connectivity index (χ2n) is 4.46. The van der Waals surface area contributed by atoms with E-state index in [1.807, 2.05) is 0 Å². The second kappa shape index (κ2) is 8.33. The van der Waals surface area contributed by atoms with Crippen LogP contribution in [0.15, 0.2) is 9.72 Å². The molecule has 0 aliphatic carbocycles. The highest BCUT2D eigenvalue weighted by Gasteiger charge is 2.24. The molecule has 8 heteroatoms. The summed E-state index contributed by atoms with van der Waals surface area (Å²) < 4.78 is 26.1. The summed E-state index contributed by atoms with van der Waals surface area (Å²) in [6, 6.07) is 0. The highest BCUT2D eigenvalue weighted by Crippen LogP contribution is 2.19. The molecule has 0 atom stereocenters. The number of thiazole rings is 1. The Bertz CT molecular complexity index is 525. The summed E-state index contributed by atoms with van der Waals surface area (Å²) >= 11 is 0.817. The number of nitrogens with one attached hydrogen (secondary N) is 1. The Labute approximate surface area is 123 Å². The number of aromatic carboxylic acids is 1. The zero-order chi connectivity index (χ0) is 15.0. The van der Waals surface area contributed by atoms with Gasteiger partial charge in [0.05, 0.1) is 5.51 Å². The van der Waals surface area contributed by atoms with Gasteiger partial charge in [-0.1, -0.05) is 39.0 Å². The third-order valence-electron chi connectivity index (χ3n) is 2.80. The van der Waals surface area contributed by atoms with E-state index in [2.05, 4.69) is 16.6 Å². The maximum absolute atomic E-state index is 11.9. The summed E-state index contributed by atoms with van der Waals surface area (Å²) in [5.74, 6) is -1.33. The minimum absolute atomic E-state index is 0.226. The molecule has 1 heterocycles. The summed E-state index contributed by atoms with van der Waals surface area (Å²) in [6.07, 6.45) is 6.36. The lowest BCUT2D eigenvalue weighted by atomic mass is 10.1. The molecule has 0 fully saturated rings. The summed E-state index contributed by atoms with van der Waals surface area (Å²) in [6.45, 7) is 2.47. The molecule has 1 aromatic heterocycles. The highest BCUT2D eigenvalue weighted by atomic mass is 32.2. The third kappa shape index (κ3) is 5.18. The minimum Gasteiger partial charge on any atom is -0.476 e. The normalized spacial score (nSPS) is 11.7. The molecule has 6 nitrogen and oxygen atoms in total. The van der Waals surface area contributed by atoms with E-state index in [1.54, 1.807) is 0 Å². The van der Waals surface area contributed by atoms with Crippen molar-refractivity contribution in [2.45, 2.75) is 49.7 Å². The first kappa shape index (κ1) is 17.1. The van der Waals surface area contributed by atoms with Crippen LogP contribution in [0.25, 0.3) is 0 Å². The number of carboxylic acids is 1. The first-order valence-electron chi connectivity index (χ1n) is 6.65. The Hall–Kier alpha value is -0.990. The van der Waals surface area contributed by atoms with Crippen molar-refractivity contribution >= 4 is 27.3 Å². The minimum atomic E-state index is -3.76. The quantitative estimate of drug-likeness (QED) is 0.646. The molecule has 1 rings (SSSR count). The van der Waals surface area contributed by atoms with Gasteiger partial charge in [0, 0.05) is 6.54 Å². The van der Waals surface area contributed by atoms with Crippen LogP contribution in [0, 0.1) is 0 Å². The van der Waals surface area contributed by atoms with Crippen molar-refractivity contribution in [1.82, 2.24) is 9.71 Å². The first-order valence-corrected chi connectivity index (χ1v) is 9.01. The number of carbonyl (C=O) groups is 1. The lowest BCUT2D eigenvalue weighted by molar-refractivity contribution is 0.0687. The van der Waals surface area contributed by atoms with Crippen LogP contribution >= 0.6 is 11.3 Å². The number of nitrogens with zero attached hydrogens (tertiary/aromatic N) is 1. The molecule has 0 spiro atoms. The Morgan fingerprint density at radius 1 is 1.30 bits per heavy atom. The number of rotatable bonds is 10. The van der Waals surface area contributed by atoms with Gasteiger partial charge >= 0.3 is 5.97 Å². The van der Waals surface area contributed by atoms with Crippen LogP contribution < -0.4 is 4.72 Å². The molecule has 0 radical (unpaired) electrons. The summed E-state index contributed by atoms with van der Waals surface area (Å²) in [5, 5.41) is 8.86. The fourth-order valence-electron chi connectivity index (χ4n) is 1.75. The Balaban J connectivity index is 2.42. The van der Waals surface area contributed by atoms with E-state index in [0.29, 0.717) is 6.54 Å². The van der Waals surface area contributed by atoms with Crippen LogP contribution in [-0.4, -0.2) is 31.0 Å². The second-order valence-corrected chi connectivity index (χ2v) is 7.28. The van der Waals surface area contributed by atoms with E-state index in [4.69, 9.17) is 5.11 Å². The zero-order valence-corrected chi connectivity index (χ0v) is 13.1. The summed E-state index contributed by atoms with van der Waals surface area (Å²) in [7, 11) is -3.76. The largest absolute Gasteiger partial charge is 0.476 e. The van der Waals surface area contributed by atoms with Gasteiger partial charge in [0.25, 0.3) is 10.0 Å². The lowest BCUT2D eigenvalue weighted by Crippen LogP contribution is -2.25. The SMILES string of the molecule is CCCCCCCCNS(=O)(=O)c1scnc1C(=O)O. The number of hydrogen-bond donors (Lipinski definition) is 2. The molecule has 0 aromatic carbocycles. The maximum atomic E-state index is 11.9. The van der Waals surface area contributed by atoms with Gasteiger partial charge in [-0.25, -0.2) is 22.9 Å². The lowest BCUT2D eigenvalue weighted by Gasteiger charge is -2.05. The molecular formula is C12H20N2O4S2. The number of aromatic nitrogens is 1. The van der Waals surface area contributed by atoms with E-state index < -0.39 is 21.7 Å².